The first kappa shape index (κ1) is 19.2. The monoisotopic (exact) mass is 404 g/mol. The molecule has 3 aromatic rings. The molecule has 156 valence electrons. The molecule has 0 bridgehead atoms. The third-order valence-corrected chi connectivity index (χ3v) is 6.07. The molecule has 5 rings (SSSR count). The van der Waals surface area contributed by atoms with E-state index in [9.17, 15) is 0 Å². The van der Waals surface area contributed by atoms with Crippen molar-refractivity contribution in [1.29, 1.82) is 0 Å². The van der Waals surface area contributed by atoms with E-state index in [0.29, 0.717) is 5.92 Å². The maximum atomic E-state index is 5.50. The lowest BCUT2D eigenvalue weighted by molar-refractivity contribution is 0.0328. The second-order valence-electron chi connectivity index (χ2n) is 7.98. The van der Waals surface area contributed by atoms with Gasteiger partial charge in [-0.05, 0) is 37.1 Å². The normalized spacial score (nSPS) is 18.6. The van der Waals surface area contributed by atoms with Gasteiger partial charge in [0.25, 0.3) is 0 Å². The minimum Gasteiger partial charge on any atom is -0.379 e. The maximum Gasteiger partial charge on any atom is 0.151 e. The molecule has 2 aliphatic rings. The Morgan fingerprint density at radius 3 is 2.37 bits per heavy atom. The Morgan fingerprint density at radius 1 is 0.867 bits per heavy atom. The molecule has 2 fully saturated rings. The van der Waals surface area contributed by atoms with Crippen molar-refractivity contribution in [2.24, 2.45) is 0 Å². The van der Waals surface area contributed by atoms with Gasteiger partial charge in [0, 0.05) is 44.0 Å². The van der Waals surface area contributed by atoms with Gasteiger partial charge < -0.3 is 9.64 Å². The first-order valence-electron chi connectivity index (χ1n) is 10.8. The van der Waals surface area contributed by atoms with Crippen LogP contribution in [-0.2, 0) is 11.3 Å². The minimum absolute atomic E-state index is 0.399. The molecule has 0 spiro atoms. The average Bonchev–Trinajstić information content (AvgIpc) is 3.24. The van der Waals surface area contributed by atoms with Crippen LogP contribution in [0.25, 0.3) is 5.69 Å². The van der Waals surface area contributed by atoms with Crippen LogP contribution in [0.15, 0.2) is 54.7 Å². The number of hydrogen-bond donors (Lipinski definition) is 0. The highest BCUT2D eigenvalue weighted by Gasteiger charge is 2.28. The smallest absolute Gasteiger partial charge is 0.151 e. The van der Waals surface area contributed by atoms with Crippen molar-refractivity contribution in [1.82, 2.24) is 24.6 Å². The molecule has 4 heterocycles. The van der Waals surface area contributed by atoms with Crippen molar-refractivity contribution >= 4 is 5.82 Å². The summed E-state index contributed by atoms with van der Waals surface area (Å²) >= 11 is 0. The molecule has 0 aliphatic carbocycles. The Morgan fingerprint density at radius 2 is 1.63 bits per heavy atom. The summed E-state index contributed by atoms with van der Waals surface area (Å²) in [4.78, 5) is 9.28. The van der Waals surface area contributed by atoms with Crippen molar-refractivity contribution in [2.45, 2.75) is 25.3 Å². The number of aromatic nitrogens is 4. The number of ether oxygens (including phenoxy) is 1. The molecule has 30 heavy (non-hydrogen) atoms. The molecule has 0 amide bonds. The van der Waals surface area contributed by atoms with E-state index in [0.717, 1.165) is 81.9 Å². The second-order valence-corrected chi connectivity index (χ2v) is 7.98. The Labute approximate surface area is 177 Å². The first-order chi connectivity index (χ1) is 14.9. The number of anilines is 1. The quantitative estimate of drug-likeness (QED) is 0.652. The van der Waals surface area contributed by atoms with Crippen LogP contribution in [0.4, 0.5) is 5.82 Å². The molecule has 0 atom stereocenters. The SMILES string of the molecule is c1ccc(-n2c(CN3CCOCC3)nnc2C2CCN(c3ccccn3)CC2)cc1. The molecule has 2 saturated heterocycles. The summed E-state index contributed by atoms with van der Waals surface area (Å²) in [5.41, 5.74) is 1.15. The summed E-state index contributed by atoms with van der Waals surface area (Å²) < 4.78 is 7.79. The van der Waals surface area contributed by atoms with Gasteiger partial charge in [-0.15, -0.1) is 10.2 Å². The van der Waals surface area contributed by atoms with E-state index < -0.39 is 0 Å². The van der Waals surface area contributed by atoms with Crippen LogP contribution in [0.5, 0.6) is 0 Å². The number of piperidine rings is 1. The van der Waals surface area contributed by atoms with Crippen LogP contribution in [0.3, 0.4) is 0 Å². The van der Waals surface area contributed by atoms with Crippen LogP contribution in [0.1, 0.15) is 30.4 Å². The first-order valence-corrected chi connectivity index (χ1v) is 10.8. The van der Waals surface area contributed by atoms with E-state index >= 15 is 0 Å². The van der Waals surface area contributed by atoms with Crippen molar-refractivity contribution < 1.29 is 4.74 Å². The van der Waals surface area contributed by atoms with Gasteiger partial charge in [-0.2, -0.15) is 0 Å². The zero-order valence-electron chi connectivity index (χ0n) is 17.2. The number of pyridine rings is 1. The fraction of sp³-hybridized carbons (Fsp3) is 0.435. The molecular formula is C23H28N6O. The highest BCUT2D eigenvalue weighted by molar-refractivity contribution is 5.39. The van der Waals surface area contributed by atoms with Gasteiger partial charge in [0.05, 0.1) is 19.8 Å². The van der Waals surface area contributed by atoms with Crippen LogP contribution in [-0.4, -0.2) is 64.0 Å². The predicted octanol–water partition coefficient (Wildman–Crippen LogP) is 2.88. The molecule has 2 aliphatic heterocycles. The molecule has 0 saturated carbocycles. The summed E-state index contributed by atoms with van der Waals surface area (Å²) in [5.74, 6) is 3.57. The zero-order valence-corrected chi connectivity index (χ0v) is 17.2. The fourth-order valence-corrected chi connectivity index (χ4v) is 4.42. The standard InChI is InChI=1S/C23H28N6O/c1-2-6-20(7-3-1)29-22(18-27-14-16-30-17-15-27)25-26-23(29)19-9-12-28(13-10-19)21-8-4-5-11-24-21/h1-8,11,19H,9-10,12-18H2. The molecular weight excluding hydrogens is 376 g/mol. The van der Waals surface area contributed by atoms with Gasteiger partial charge >= 0.3 is 0 Å². The van der Waals surface area contributed by atoms with E-state index in [1.807, 2.05) is 12.3 Å². The van der Waals surface area contributed by atoms with E-state index in [4.69, 9.17) is 9.84 Å². The molecule has 7 nitrogen and oxygen atoms in total. The molecule has 0 N–H and O–H groups in total. The third kappa shape index (κ3) is 4.08. The number of hydrogen-bond acceptors (Lipinski definition) is 6. The van der Waals surface area contributed by atoms with Crippen molar-refractivity contribution in [2.75, 3.05) is 44.3 Å². The molecule has 0 unspecified atom stereocenters. The number of para-hydroxylation sites is 1. The van der Waals surface area contributed by atoms with Gasteiger partial charge in [0.15, 0.2) is 5.82 Å². The van der Waals surface area contributed by atoms with Gasteiger partial charge in [-0.3, -0.25) is 9.47 Å². The Bertz CT molecular complexity index is 931. The van der Waals surface area contributed by atoms with Gasteiger partial charge in [-0.25, -0.2) is 4.98 Å². The zero-order chi connectivity index (χ0) is 20.2. The summed E-state index contributed by atoms with van der Waals surface area (Å²) in [6.45, 7) is 6.25. The van der Waals surface area contributed by atoms with Gasteiger partial charge in [0.2, 0.25) is 0 Å². The summed E-state index contributed by atoms with van der Waals surface area (Å²) in [5, 5.41) is 9.34. The Balaban J connectivity index is 1.38. The maximum absolute atomic E-state index is 5.50. The van der Waals surface area contributed by atoms with Gasteiger partial charge in [0.1, 0.15) is 11.6 Å². The van der Waals surface area contributed by atoms with Crippen molar-refractivity contribution in [3.05, 3.63) is 66.4 Å². The van der Waals surface area contributed by atoms with Crippen molar-refractivity contribution in [3.8, 4) is 5.69 Å². The van der Waals surface area contributed by atoms with Crippen LogP contribution in [0, 0.1) is 0 Å². The van der Waals surface area contributed by atoms with E-state index in [1.165, 1.54) is 0 Å². The van der Waals surface area contributed by atoms with Crippen LogP contribution < -0.4 is 4.90 Å². The third-order valence-electron chi connectivity index (χ3n) is 6.07. The summed E-state index contributed by atoms with van der Waals surface area (Å²) in [6, 6.07) is 16.6. The Kier molecular flexibility index (Phi) is 5.72. The Hall–Kier alpha value is -2.77. The van der Waals surface area contributed by atoms with E-state index in [-0.39, 0.29) is 0 Å². The molecule has 2 aromatic heterocycles. The summed E-state index contributed by atoms with van der Waals surface area (Å²) in [7, 11) is 0. The van der Waals surface area contributed by atoms with Crippen LogP contribution >= 0.6 is 0 Å². The van der Waals surface area contributed by atoms with E-state index in [2.05, 4.69) is 66.9 Å². The molecule has 7 heteroatoms. The lowest BCUT2D eigenvalue weighted by Crippen LogP contribution is -2.36. The van der Waals surface area contributed by atoms with Gasteiger partial charge in [-0.1, -0.05) is 24.3 Å². The number of nitrogens with zero attached hydrogens (tertiary/aromatic N) is 6. The highest BCUT2D eigenvalue weighted by Crippen LogP contribution is 2.31. The topological polar surface area (TPSA) is 59.3 Å². The fourth-order valence-electron chi connectivity index (χ4n) is 4.42. The lowest BCUT2D eigenvalue weighted by Gasteiger charge is -2.32. The second kappa shape index (κ2) is 8.93. The average molecular weight is 405 g/mol. The van der Waals surface area contributed by atoms with Crippen molar-refractivity contribution in [3.63, 3.8) is 0 Å². The van der Waals surface area contributed by atoms with E-state index in [1.54, 1.807) is 0 Å². The predicted molar refractivity (Wildman–Crippen MR) is 116 cm³/mol. The number of benzene rings is 1. The minimum atomic E-state index is 0.399. The largest absolute Gasteiger partial charge is 0.379 e. The van der Waals surface area contributed by atoms with Crippen LogP contribution in [0.2, 0.25) is 0 Å². The number of morpholine rings is 1. The molecule has 0 radical (unpaired) electrons. The highest BCUT2D eigenvalue weighted by atomic mass is 16.5. The number of rotatable bonds is 5. The lowest BCUT2D eigenvalue weighted by atomic mass is 9.95. The molecule has 1 aromatic carbocycles. The summed E-state index contributed by atoms with van der Waals surface area (Å²) in [6.07, 6.45) is 3.98.